The number of hydrogen-bond acceptors (Lipinski definition) is 4. The highest BCUT2D eigenvalue weighted by molar-refractivity contribution is 7.11. The maximum atomic E-state index is 5.82. The van der Waals surface area contributed by atoms with E-state index in [1.165, 1.54) is 54.1 Å². The average molecular weight is 266 g/mol. The van der Waals surface area contributed by atoms with Crippen LogP contribution < -0.4 is 5.32 Å². The van der Waals surface area contributed by atoms with Gasteiger partial charge in [-0.05, 0) is 45.6 Å². The van der Waals surface area contributed by atoms with E-state index in [0.717, 1.165) is 13.0 Å². The van der Waals surface area contributed by atoms with Crippen LogP contribution >= 0.6 is 11.3 Å². The van der Waals surface area contributed by atoms with Gasteiger partial charge in [-0.1, -0.05) is 0 Å². The summed E-state index contributed by atoms with van der Waals surface area (Å²) in [5, 5.41) is 4.68. The molecule has 0 bridgehead atoms. The number of nitrogens with one attached hydrogen (secondary N) is 1. The van der Waals surface area contributed by atoms with E-state index in [1.807, 2.05) is 18.4 Å². The quantitative estimate of drug-likeness (QED) is 0.913. The summed E-state index contributed by atoms with van der Waals surface area (Å²) >= 11 is 1.92. The fourth-order valence-corrected chi connectivity index (χ4v) is 4.24. The number of fused-ring (bicyclic) bond motifs is 1. The Kier molecular flexibility index (Phi) is 3.97. The average Bonchev–Trinajstić information content (AvgIpc) is 2.82. The SMILES string of the molecule is CNC1CCCc2sc(CC3CCCCO3)nc21. The lowest BCUT2D eigenvalue weighted by Gasteiger charge is -2.21. The van der Waals surface area contributed by atoms with Crippen molar-refractivity contribution in [3.05, 3.63) is 15.6 Å². The largest absolute Gasteiger partial charge is 0.378 e. The van der Waals surface area contributed by atoms with Crippen LogP contribution in [-0.4, -0.2) is 24.7 Å². The molecule has 1 N–H and O–H groups in total. The van der Waals surface area contributed by atoms with Gasteiger partial charge in [0.25, 0.3) is 0 Å². The van der Waals surface area contributed by atoms with Gasteiger partial charge in [0, 0.05) is 17.9 Å². The minimum absolute atomic E-state index is 0.416. The molecule has 4 heteroatoms. The highest BCUT2D eigenvalue weighted by Gasteiger charge is 2.24. The molecule has 3 nitrogen and oxygen atoms in total. The molecule has 1 aromatic heterocycles. The van der Waals surface area contributed by atoms with Crippen LogP contribution in [0.3, 0.4) is 0 Å². The standard InChI is InChI=1S/C14H22N2OS/c1-15-11-6-4-7-12-14(11)16-13(18-12)9-10-5-2-3-8-17-10/h10-11,15H,2-9H2,1H3. The molecule has 2 unspecified atom stereocenters. The Bertz CT molecular complexity index is 398. The van der Waals surface area contributed by atoms with Gasteiger partial charge in [-0.2, -0.15) is 0 Å². The first-order chi connectivity index (χ1) is 8.86. The van der Waals surface area contributed by atoms with Gasteiger partial charge < -0.3 is 10.1 Å². The van der Waals surface area contributed by atoms with Gasteiger partial charge in [0.2, 0.25) is 0 Å². The van der Waals surface area contributed by atoms with Gasteiger partial charge in [0.1, 0.15) is 0 Å². The monoisotopic (exact) mass is 266 g/mol. The second-order valence-electron chi connectivity index (χ2n) is 5.34. The zero-order valence-electron chi connectivity index (χ0n) is 11.1. The van der Waals surface area contributed by atoms with Crippen molar-refractivity contribution in [1.82, 2.24) is 10.3 Å². The van der Waals surface area contributed by atoms with Crippen LogP contribution in [0.4, 0.5) is 0 Å². The van der Waals surface area contributed by atoms with E-state index >= 15 is 0 Å². The molecule has 2 atom stereocenters. The van der Waals surface area contributed by atoms with Crippen molar-refractivity contribution in [2.24, 2.45) is 0 Å². The summed E-state index contributed by atoms with van der Waals surface area (Å²) < 4.78 is 5.82. The Morgan fingerprint density at radius 1 is 1.33 bits per heavy atom. The zero-order chi connectivity index (χ0) is 12.4. The number of ether oxygens (including phenoxy) is 1. The maximum absolute atomic E-state index is 5.82. The van der Waals surface area contributed by atoms with E-state index < -0.39 is 0 Å². The second kappa shape index (κ2) is 5.68. The number of aromatic nitrogens is 1. The van der Waals surface area contributed by atoms with Crippen LogP contribution in [0.15, 0.2) is 0 Å². The van der Waals surface area contributed by atoms with Crippen molar-refractivity contribution in [3.63, 3.8) is 0 Å². The number of hydrogen-bond donors (Lipinski definition) is 1. The van der Waals surface area contributed by atoms with Gasteiger partial charge in [-0.3, -0.25) is 0 Å². The molecule has 1 fully saturated rings. The van der Waals surface area contributed by atoms with E-state index in [4.69, 9.17) is 9.72 Å². The topological polar surface area (TPSA) is 34.1 Å². The van der Waals surface area contributed by atoms with E-state index in [-0.39, 0.29) is 0 Å². The molecule has 1 saturated heterocycles. The third-order valence-electron chi connectivity index (χ3n) is 4.02. The third kappa shape index (κ3) is 2.60. The summed E-state index contributed by atoms with van der Waals surface area (Å²) in [5.41, 5.74) is 1.32. The molecular formula is C14H22N2OS. The number of aryl methyl sites for hydroxylation is 1. The Morgan fingerprint density at radius 2 is 2.28 bits per heavy atom. The highest BCUT2D eigenvalue weighted by Crippen LogP contribution is 2.34. The van der Waals surface area contributed by atoms with E-state index in [0.29, 0.717) is 12.1 Å². The van der Waals surface area contributed by atoms with Crippen LogP contribution in [0.1, 0.15) is 53.7 Å². The molecule has 100 valence electrons. The Balaban J connectivity index is 1.71. The van der Waals surface area contributed by atoms with Crippen molar-refractivity contribution < 1.29 is 4.74 Å². The normalized spacial score (nSPS) is 28.1. The van der Waals surface area contributed by atoms with Crippen LogP contribution in [-0.2, 0) is 17.6 Å². The molecule has 1 aromatic rings. The molecule has 1 aliphatic heterocycles. The number of rotatable bonds is 3. The van der Waals surface area contributed by atoms with Gasteiger partial charge in [-0.15, -0.1) is 11.3 Å². The first-order valence-corrected chi connectivity index (χ1v) is 7.96. The highest BCUT2D eigenvalue weighted by atomic mass is 32.1. The van der Waals surface area contributed by atoms with Crippen LogP contribution in [0, 0.1) is 0 Å². The summed E-state index contributed by atoms with van der Waals surface area (Å²) in [6.45, 7) is 0.939. The number of nitrogens with zero attached hydrogens (tertiary/aromatic N) is 1. The Labute approximate surface area is 113 Å². The summed E-state index contributed by atoms with van der Waals surface area (Å²) in [6.07, 6.45) is 8.93. The van der Waals surface area contributed by atoms with Gasteiger partial charge in [0.15, 0.2) is 0 Å². The molecule has 0 aromatic carbocycles. The van der Waals surface area contributed by atoms with Gasteiger partial charge >= 0.3 is 0 Å². The Hall–Kier alpha value is -0.450. The van der Waals surface area contributed by atoms with Crippen LogP contribution in [0.2, 0.25) is 0 Å². The van der Waals surface area contributed by atoms with Crippen molar-refractivity contribution in [2.75, 3.05) is 13.7 Å². The van der Waals surface area contributed by atoms with Crippen molar-refractivity contribution in [1.29, 1.82) is 0 Å². The third-order valence-corrected chi connectivity index (χ3v) is 5.18. The minimum atomic E-state index is 0.416. The van der Waals surface area contributed by atoms with Crippen molar-refractivity contribution in [3.8, 4) is 0 Å². The second-order valence-corrected chi connectivity index (χ2v) is 6.51. The lowest BCUT2D eigenvalue weighted by Crippen LogP contribution is -2.22. The molecule has 2 aliphatic rings. The molecular weight excluding hydrogens is 244 g/mol. The predicted molar refractivity (Wildman–Crippen MR) is 74.1 cm³/mol. The number of thiazole rings is 1. The first-order valence-electron chi connectivity index (χ1n) is 7.14. The minimum Gasteiger partial charge on any atom is -0.378 e. The molecule has 18 heavy (non-hydrogen) atoms. The summed E-state index contributed by atoms with van der Waals surface area (Å²) in [4.78, 5) is 6.38. The van der Waals surface area contributed by atoms with Crippen molar-refractivity contribution >= 4 is 11.3 Å². The smallest absolute Gasteiger partial charge is 0.0957 e. The first kappa shape index (κ1) is 12.6. The summed E-state index contributed by atoms with van der Waals surface area (Å²) in [7, 11) is 2.04. The molecule has 2 heterocycles. The van der Waals surface area contributed by atoms with E-state index in [2.05, 4.69) is 5.32 Å². The van der Waals surface area contributed by atoms with Gasteiger partial charge in [-0.25, -0.2) is 4.98 Å². The van der Waals surface area contributed by atoms with Crippen LogP contribution in [0.5, 0.6) is 0 Å². The maximum Gasteiger partial charge on any atom is 0.0957 e. The Morgan fingerprint density at radius 3 is 3.06 bits per heavy atom. The van der Waals surface area contributed by atoms with Gasteiger partial charge in [0.05, 0.1) is 22.8 Å². The van der Waals surface area contributed by atoms with E-state index in [9.17, 15) is 0 Å². The van der Waals surface area contributed by atoms with Crippen molar-refractivity contribution in [2.45, 2.75) is 57.1 Å². The van der Waals surface area contributed by atoms with E-state index in [1.54, 1.807) is 0 Å². The molecule has 3 rings (SSSR count). The molecule has 0 amide bonds. The molecule has 0 saturated carbocycles. The fourth-order valence-electron chi connectivity index (χ4n) is 3.00. The zero-order valence-corrected chi connectivity index (χ0v) is 11.9. The lowest BCUT2D eigenvalue weighted by molar-refractivity contribution is 0.0167. The fraction of sp³-hybridized carbons (Fsp3) is 0.786. The molecule has 0 spiro atoms. The predicted octanol–water partition coefficient (Wildman–Crippen LogP) is 2.85. The summed E-state index contributed by atoms with van der Waals surface area (Å²) in [5.74, 6) is 0. The molecule has 0 radical (unpaired) electrons. The molecule has 1 aliphatic carbocycles. The lowest BCUT2D eigenvalue weighted by atomic mass is 9.98. The summed E-state index contributed by atoms with van der Waals surface area (Å²) in [6, 6.07) is 0.478. The van der Waals surface area contributed by atoms with Crippen LogP contribution in [0.25, 0.3) is 0 Å².